The highest BCUT2D eigenvalue weighted by Gasteiger charge is 2.26. The molecular formula is C25H18N4O7. The van der Waals surface area contributed by atoms with E-state index in [-0.39, 0.29) is 11.4 Å². The van der Waals surface area contributed by atoms with Crippen LogP contribution in [0.1, 0.15) is 34.5 Å². The number of benzene rings is 2. The lowest BCUT2D eigenvalue weighted by Gasteiger charge is -2.22. The molecule has 2 atom stereocenters. The Labute approximate surface area is 204 Å². The molecule has 2 unspecified atom stereocenters. The van der Waals surface area contributed by atoms with E-state index in [0.717, 1.165) is 0 Å². The van der Waals surface area contributed by atoms with Gasteiger partial charge in [-0.1, -0.05) is 0 Å². The van der Waals surface area contributed by atoms with Gasteiger partial charge in [0.2, 0.25) is 0 Å². The largest absolute Gasteiger partial charge is 0.510 e. The van der Waals surface area contributed by atoms with Crippen LogP contribution in [0.15, 0.2) is 97.6 Å². The molecule has 0 saturated heterocycles. The Morgan fingerprint density at radius 2 is 0.889 bits per heavy atom. The summed E-state index contributed by atoms with van der Waals surface area (Å²) in [4.78, 5) is 42.0. The maximum atomic E-state index is 13.0. The van der Waals surface area contributed by atoms with Gasteiger partial charge in [-0.3, -0.25) is 30.2 Å². The molecule has 180 valence electrons. The van der Waals surface area contributed by atoms with Crippen LogP contribution in [-0.4, -0.2) is 26.0 Å². The Kier molecular flexibility index (Phi) is 7.20. The van der Waals surface area contributed by atoms with Gasteiger partial charge in [0.25, 0.3) is 11.4 Å². The highest BCUT2D eigenvalue weighted by atomic mass is 16.7. The lowest BCUT2D eigenvalue weighted by Crippen LogP contribution is -2.18. The summed E-state index contributed by atoms with van der Waals surface area (Å²) in [5, 5.41) is 22.1. The molecule has 2 aromatic carbocycles. The van der Waals surface area contributed by atoms with E-state index in [4.69, 9.17) is 9.47 Å². The van der Waals surface area contributed by atoms with Gasteiger partial charge in [-0.15, -0.1) is 0 Å². The summed E-state index contributed by atoms with van der Waals surface area (Å²) in [6.45, 7) is 0. The molecule has 0 spiro atoms. The third-order valence-electron chi connectivity index (χ3n) is 5.26. The fraction of sp³-hybridized carbons (Fsp3) is 0.0800. The monoisotopic (exact) mass is 486 g/mol. The molecule has 0 fully saturated rings. The summed E-state index contributed by atoms with van der Waals surface area (Å²) in [5.41, 5.74) is 1.91. The predicted octanol–water partition coefficient (Wildman–Crippen LogP) is 5.33. The van der Waals surface area contributed by atoms with E-state index in [1.54, 1.807) is 24.3 Å². The van der Waals surface area contributed by atoms with Crippen molar-refractivity contribution in [2.75, 3.05) is 0 Å². The quantitative estimate of drug-likeness (QED) is 0.183. The highest BCUT2D eigenvalue weighted by molar-refractivity contribution is 5.62. The summed E-state index contributed by atoms with van der Waals surface area (Å²) >= 11 is 0. The van der Waals surface area contributed by atoms with Gasteiger partial charge in [0, 0.05) is 60.2 Å². The molecule has 0 N–H and O–H groups in total. The van der Waals surface area contributed by atoms with E-state index < -0.39 is 28.2 Å². The molecule has 2 heterocycles. The van der Waals surface area contributed by atoms with Gasteiger partial charge in [-0.05, 0) is 59.7 Å². The molecule has 4 rings (SSSR count). The molecule has 0 bridgehead atoms. The fourth-order valence-corrected chi connectivity index (χ4v) is 3.50. The Morgan fingerprint density at radius 1 is 0.583 bits per heavy atom. The number of carbonyl (C=O) groups excluding carboxylic acids is 1. The van der Waals surface area contributed by atoms with Crippen LogP contribution in [0, 0.1) is 20.2 Å². The zero-order valence-corrected chi connectivity index (χ0v) is 18.5. The van der Waals surface area contributed by atoms with E-state index >= 15 is 0 Å². The van der Waals surface area contributed by atoms with E-state index in [9.17, 15) is 25.0 Å². The number of nitro groups is 2. The first-order valence-electron chi connectivity index (χ1n) is 10.6. The minimum Gasteiger partial charge on any atom is -0.421 e. The zero-order valence-electron chi connectivity index (χ0n) is 18.5. The molecule has 36 heavy (non-hydrogen) atoms. The number of carbonyl (C=O) groups is 1. The predicted molar refractivity (Wildman–Crippen MR) is 126 cm³/mol. The molecular weight excluding hydrogens is 468 g/mol. The molecule has 0 amide bonds. The zero-order chi connectivity index (χ0) is 25.5. The van der Waals surface area contributed by atoms with Gasteiger partial charge < -0.3 is 9.47 Å². The van der Waals surface area contributed by atoms with E-state index in [1.807, 2.05) is 0 Å². The molecule has 4 aromatic rings. The number of non-ortho nitro benzene ring substituents is 2. The van der Waals surface area contributed by atoms with E-state index in [1.165, 1.54) is 73.3 Å². The van der Waals surface area contributed by atoms with Crippen LogP contribution in [0.25, 0.3) is 0 Å². The third kappa shape index (κ3) is 5.65. The Morgan fingerprint density at radius 3 is 1.19 bits per heavy atom. The maximum Gasteiger partial charge on any atom is 0.510 e. The average molecular weight is 486 g/mol. The second-order valence-corrected chi connectivity index (χ2v) is 7.50. The van der Waals surface area contributed by atoms with E-state index in [2.05, 4.69) is 9.97 Å². The summed E-state index contributed by atoms with van der Waals surface area (Å²) < 4.78 is 11.4. The molecule has 11 nitrogen and oxygen atoms in total. The summed E-state index contributed by atoms with van der Waals surface area (Å²) in [6.07, 6.45) is 3.22. The van der Waals surface area contributed by atoms with Gasteiger partial charge in [-0.2, -0.15) is 0 Å². The minimum absolute atomic E-state index is 0.106. The van der Waals surface area contributed by atoms with Crippen molar-refractivity contribution in [2.24, 2.45) is 0 Å². The van der Waals surface area contributed by atoms with Gasteiger partial charge >= 0.3 is 6.16 Å². The highest BCUT2D eigenvalue weighted by Crippen LogP contribution is 2.31. The van der Waals surface area contributed by atoms with Crippen LogP contribution in [0.5, 0.6) is 0 Å². The van der Waals surface area contributed by atoms with Crippen LogP contribution >= 0.6 is 0 Å². The van der Waals surface area contributed by atoms with Gasteiger partial charge in [-0.25, -0.2) is 4.79 Å². The second kappa shape index (κ2) is 10.8. The van der Waals surface area contributed by atoms with Crippen molar-refractivity contribution in [3.63, 3.8) is 0 Å². The second-order valence-electron chi connectivity index (χ2n) is 7.50. The molecule has 0 aliphatic carbocycles. The van der Waals surface area contributed by atoms with Crippen molar-refractivity contribution in [1.82, 2.24) is 9.97 Å². The number of nitro benzene ring substituents is 2. The van der Waals surface area contributed by atoms with Crippen molar-refractivity contribution < 1.29 is 24.1 Å². The Hall–Kier alpha value is -5.19. The third-order valence-corrected chi connectivity index (χ3v) is 5.26. The van der Waals surface area contributed by atoms with Gasteiger partial charge in [0.1, 0.15) is 0 Å². The van der Waals surface area contributed by atoms with Crippen molar-refractivity contribution in [3.05, 3.63) is 140 Å². The minimum atomic E-state index is -1.02. The van der Waals surface area contributed by atoms with Gasteiger partial charge in [0.05, 0.1) is 9.85 Å². The normalized spacial score (nSPS) is 12.2. The molecule has 0 aliphatic rings. The number of nitrogens with zero attached hydrogens (tertiary/aromatic N) is 4. The van der Waals surface area contributed by atoms with Gasteiger partial charge in [0.15, 0.2) is 12.2 Å². The van der Waals surface area contributed by atoms with Crippen molar-refractivity contribution in [2.45, 2.75) is 12.2 Å². The number of ether oxygens (including phenoxy) is 2. The number of pyridine rings is 2. The standard InChI is InChI=1S/C25H18N4O7/c30-25(35-23(19-9-13-26-14-10-19)17-1-5-21(6-2-17)28(31)32)36-24(20-11-15-27-16-12-20)18-3-7-22(8-4-18)29(33)34/h1-16,23-24H. The number of rotatable bonds is 8. The van der Waals surface area contributed by atoms with Crippen molar-refractivity contribution in [3.8, 4) is 0 Å². The molecule has 0 saturated carbocycles. The van der Waals surface area contributed by atoms with Crippen LogP contribution in [-0.2, 0) is 9.47 Å². The molecule has 2 aromatic heterocycles. The fourth-order valence-electron chi connectivity index (χ4n) is 3.50. The first kappa shape index (κ1) is 24.0. The smallest absolute Gasteiger partial charge is 0.421 e. The number of aromatic nitrogens is 2. The lowest BCUT2D eigenvalue weighted by molar-refractivity contribution is -0.385. The van der Waals surface area contributed by atoms with Crippen LogP contribution in [0.3, 0.4) is 0 Å². The number of hydrogen-bond donors (Lipinski definition) is 0. The Bertz CT molecular complexity index is 1240. The average Bonchev–Trinajstić information content (AvgIpc) is 2.91. The van der Waals surface area contributed by atoms with Crippen LogP contribution in [0.2, 0.25) is 0 Å². The summed E-state index contributed by atoms with van der Waals surface area (Å²) in [6, 6.07) is 17.8. The summed E-state index contributed by atoms with van der Waals surface area (Å²) in [7, 11) is 0. The lowest BCUT2D eigenvalue weighted by atomic mass is 10.0. The summed E-state index contributed by atoms with van der Waals surface area (Å²) in [5.74, 6) is 0. The molecule has 0 radical (unpaired) electrons. The first-order chi connectivity index (χ1) is 17.4. The van der Waals surface area contributed by atoms with Crippen LogP contribution < -0.4 is 0 Å². The first-order valence-corrected chi connectivity index (χ1v) is 10.6. The SMILES string of the molecule is O=C(OC(c1ccncc1)c1ccc([N+](=O)[O-])cc1)OC(c1ccncc1)c1ccc([N+](=O)[O-])cc1. The van der Waals surface area contributed by atoms with E-state index in [0.29, 0.717) is 22.3 Å². The molecule has 0 aliphatic heterocycles. The Balaban J connectivity index is 1.62. The van der Waals surface area contributed by atoms with Crippen LogP contribution in [0.4, 0.5) is 16.2 Å². The number of hydrogen-bond acceptors (Lipinski definition) is 9. The van der Waals surface area contributed by atoms with Crippen molar-refractivity contribution >= 4 is 17.5 Å². The van der Waals surface area contributed by atoms with Crippen molar-refractivity contribution in [1.29, 1.82) is 0 Å². The topological polar surface area (TPSA) is 148 Å². The maximum absolute atomic E-state index is 13.0. The molecule has 11 heteroatoms.